The van der Waals surface area contributed by atoms with Crippen LogP contribution in [0.3, 0.4) is 0 Å². The lowest BCUT2D eigenvalue weighted by molar-refractivity contribution is 0.601. The molecule has 0 spiro atoms. The molecule has 1 aromatic carbocycles. The Bertz CT molecular complexity index is 1040. The molecule has 0 radical (unpaired) electrons. The van der Waals surface area contributed by atoms with Gasteiger partial charge in [-0.05, 0) is 42.3 Å². The SMILES string of the molecule is Cc1cc(-c2ccnc(C(C)C)n2)nc2ccc(CS(C)(=O)=O)cc12. The Morgan fingerprint density at radius 3 is 2.48 bits per heavy atom. The zero-order valence-electron chi connectivity index (χ0n) is 14.8. The highest BCUT2D eigenvalue weighted by molar-refractivity contribution is 7.89. The van der Waals surface area contributed by atoms with E-state index in [4.69, 9.17) is 4.98 Å². The van der Waals surface area contributed by atoms with Gasteiger partial charge in [-0.1, -0.05) is 19.9 Å². The molecular formula is C19H21N3O2S. The van der Waals surface area contributed by atoms with Crippen LogP contribution in [0.1, 0.15) is 36.7 Å². The molecule has 0 N–H and O–H groups in total. The fourth-order valence-electron chi connectivity index (χ4n) is 2.76. The number of aromatic nitrogens is 3. The molecule has 0 saturated carbocycles. The molecule has 6 heteroatoms. The van der Waals surface area contributed by atoms with Gasteiger partial charge in [0.2, 0.25) is 0 Å². The summed E-state index contributed by atoms with van der Waals surface area (Å²) in [7, 11) is -3.06. The molecule has 0 aliphatic carbocycles. The molecule has 2 aromatic heterocycles. The minimum Gasteiger partial charge on any atom is -0.246 e. The van der Waals surface area contributed by atoms with Gasteiger partial charge >= 0.3 is 0 Å². The van der Waals surface area contributed by atoms with E-state index in [2.05, 4.69) is 23.8 Å². The summed E-state index contributed by atoms with van der Waals surface area (Å²) in [4.78, 5) is 13.6. The average molecular weight is 355 g/mol. The summed E-state index contributed by atoms with van der Waals surface area (Å²) in [6, 6.07) is 9.44. The second-order valence-corrected chi connectivity index (χ2v) is 8.84. The third-order valence-corrected chi connectivity index (χ3v) is 4.82. The summed E-state index contributed by atoms with van der Waals surface area (Å²) >= 11 is 0. The molecule has 0 amide bonds. The van der Waals surface area contributed by atoms with Crippen LogP contribution in [-0.4, -0.2) is 29.6 Å². The minimum absolute atomic E-state index is 0.0355. The van der Waals surface area contributed by atoms with Crippen LogP contribution >= 0.6 is 0 Å². The van der Waals surface area contributed by atoms with Gasteiger partial charge in [-0.15, -0.1) is 0 Å². The Balaban J connectivity index is 2.08. The zero-order chi connectivity index (χ0) is 18.2. The topological polar surface area (TPSA) is 72.8 Å². The van der Waals surface area contributed by atoms with E-state index in [1.54, 1.807) is 6.20 Å². The molecule has 0 fully saturated rings. The number of hydrogen-bond donors (Lipinski definition) is 0. The first-order valence-corrected chi connectivity index (χ1v) is 10.2. The number of nitrogens with zero attached hydrogens (tertiary/aromatic N) is 3. The Labute approximate surface area is 148 Å². The van der Waals surface area contributed by atoms with E-state index in [9.17, 15) is 8.42 Å². The van der Waals surface area contributed by atoms with Crippen LogP contribution < -0.4 is 0 Å². The van der Waals surface area contributed by atoms with Crippen molar-refractivity contribution in [1.82, 2.24) is 15.0 Å². The molecule has 0 atom stereocenters. The Hall–Kier alpha value is -2.34. The van der Waals surface area contributed by atoms with Gasteiger partial charge in [0.05, 0.1) is 22.7 Å². The van der Waals surface area contributed by atoms with E-state index in [1.165, 1.54) is 6.26 Å². The van der Waals surface area contributed by atoms with E-state index in [1.807, 2.05) is 37.3 Å². The predicted octanol–water partition coefficient (Wildman–Crippen LogP) is 3.67. The molecule has 3 aromatic rings. The summed E-state index contributed by atoms with van der Waals surface area (Å²) in [6.07, 6.45) is 3.00. The predicted molar refractivity (Wildman–Crippen MR) is 100 cm³/mol. The largest absolute Gasteiger partial charge is 0.246 e. The van der Waals surface area contributed by atoms with Gasteiger partial charge < -0.3 is 0 Å². The Kier molecular flexibility index (Phi) is 4.56. The van der Waals surface area contributed by atoms with Crippen molar-refractivity contribution < 1.29 is 8.42 Å². The summed E-state index contributed by atoms with van der Waals surface area (Å²) in [5.41, 5.74) is 4.24. The van der Waals surface area contributed by atoms with Crippen molar-refractivity contribution in [3.8, 4) is 11.4 Å². The van der Waals surface area contributed by atoms with Crippen molar-refractivity contribution in [3.05, 3.63) is 53.5 Å². The third kappa shape index (κ3) is 4.02. The van der Waals surface area contributed by atoms with Crippen LogP contribution in [0.4, 0.5) is 0 Å². The first-order valence-electron chi connectivity index (χ1n) is 8.14. The molecule has 0 saturated heterocycles. The monoisotopic (exact) mass is 355 g/mol. The second kappa shape index (κ2) is 6.52. The highest BCUT2D eigenvalue weighted by Gasteiger charge is 2.11. The fourth-order valence-corrected chi connectivity index (χ4v) is 3.54. The van der Waals surface area contributed by atoms with E-state index in [-0.39, 0.29) is 11.7 Å². The van der Waals surface area contributed by atoms with Crippen LogP contribution in [-0.2, 0) is 15.6 Å². The summed E-state index contributed by atoms with van der Waals surface area (Å²) in [6.45, 7) is 6.12. The number of hydrogen-bond acceptors (Lipinski definition) is 5. The molecule has 25 heavy (non-hydrogen) atoms. The quantitative estimate of drug-likeness (QED) is 0.714. The number of benzene rings is 1. The van der Waals surface area contributed by atoms with Gasteiger partial charge in [0, 0.05) is 23.8 Å². The summed E-state index contributed by atoms with van der Waals surface area (Å²) < 4.78 is 23.0. The summed E-state index contributed by atoms with van der Waals surface area (Å²) in [5.74, 6) is 1.08. The third-order valence-electron chi connectivity index (χ3n) is 3.96. The number of aryl methyl sites for hydroxylation is 1. The molecule has 0 unspecified atom stereocenters. The Morgan fingerprint density at radius 2 is 1.80 bits per heavy atom. The van der Waals surface area contributed by atoms with Gasteiger partial charge in [0.25, 0.3) is 0 Å². The van der Waals surface area contributed by atoms with Crippen molar-refractivity contribution in [1.29, 1.82) is 0 Å². The molecular weight excluding hydrogens is 334 g/mol. The molecule has 2 heterocycles. The molecule has 5 nitrogen and oxygen atoms in total. The van der Waals surface area contributed by atoms with Crippen molar-refractivity contribution in [2.75, 3.05) is 6.26 Å². The first kappa shape index (κ1) is 17.5. The fraction of sp³-hybridized carbons (Fsp3) is 0.316. The molecule has 130 valence electrons. The molecule has 0 bridgehead atoms. The van der Waals surface area contributed by atoms with Crippen LogP contribution in [0, 0.1) is 6.92 Å². The second-order valence-electron chi connectivity index (χ2n) is 6.70. The lowest BCUT2D eigenvalue weighted by Crippen LogP contribution is -2.01. The molecule has 0 aliphatic rings. The van der Waals surface area contributed by atoms with E-state index < -0.39 is 9.84 Å². The number of rotatable bonds is 4. The maximum Gasteiger partial charge on any atom is 0.151 e. The average Bonchev–Trinajstić information content (AvgIpc) is 2.54. The maximum absolute atomic E-state index is 11.5. The van der Waals surface area contributed by atoms with Gasteiger partial charge in [0.1, 0.15) is 5.82 Å². The van der Waals surface area contributed by atoms with E-state index in [0.29, 0.717) is 0 Å². The zero-order valence-corrected chi connectivity index (χ0v) is 15.6. The van der Waals surface area contributed by atoms with Crippen LogP contribution in [0.5, 0.6) is 0 Å². The maximum atomic E-state index is 11.5. The molecule has 0 aliphatic heterocycles. The van der Waals surface area contributed by atoms with Crippen molar-refractivity contribution in [2.45, 2.75) is 32.4 Å². The van der Waals surface area contributed by atoms with Crippen molar-refractivity contribution in [3.63, 3.8) is 0 Å². The first-order chi connectivity index (χ1) is 11.7. The smallest absolute Gasteiger partial charge is 0.151 e. The molecule has 3 rings (SSSR count). The van der Waals surface area contributed by atoms with Gasteiger partial charge in [-0.2, -0.15) is 0 Å². The van der Waals surface area contributed by atoms with Gasteiger partial charge in [-0.3, -0.25) is 0 Å². The number of fused-ring (bicyclic) bond motifs is 1. The number of pyridine rings is 1. The van der Waals surface area contributed by atoms with Crippen LogP contribution in [0.15, 0.2) is 36.5 Å². The lowest BCUT2D eigenvalue weighted by Gasteiger charge is -2.10. The highest BCUT2D eigenvalue weighted by Crippen LogP contribution is 2.25. The minimum atomic E-state index is -3.06. The van der Waals surface area contributed by atoms with Gasteiger partial charge in [-0.25, -0.2) is 23.4 Å². The van der Waals surface area contributed by atoms with Crippen LogP contribution in [0.2, 0.25) is 0 Å². The summed E-state index contributed by atoms with van der Waals surface area (Å²) in [5, 5.41) is 0.961. The highest BCUT2D eigenvalue weighted by atomic mass is 32.2. The van der Waals surface area contributed by atoms with Crippen molar-refractivity contribution in [2.24, 2.45) is 0 Å². The van der Waals surface area contributed by atoms with Crippen LogP contribution in [0.25, 0.3) is 22.3 Å². The van der Waals surface area contributed by atoms with E-state index >= 15 is 0 Å². The number of sulfone groups is 1. The lowest BCUT2D eigenvalue weighted by atomic mass is 10.1. The normalized spacial score (nSPS) is 12.0. The Morgan fingerprint density at radius 1 is 1.04 bits per heavy atom. The van der Waals surface area contributed by atoms with Gasteiger partial charge in [0.15, 0.2) is 9.84 Å². The standard InChI is InChI=1S/C19H21N3O2S/c1-12(2)19-20-8-7-17(22-19)18-9-13(3)15-10-14(11-25(4,23)24)5-6-16(15)21-18/h5-10,12H,11H2,1-4H3. The van der Waals surface area contributed by atoms with Crippen molar-refractivity contribution >= 4 is 20.7 Å². The van der Waals surface area contributed by atoms with E-state index in [0.717, 1.165) is 39.2 Å².